The Labute approximate surface area is 114 Å². The molecule has 7 heteroatoms. The van der Waals surface area contributed by atoms with E-state index in [0.717, 1.165) is 10.2 Å². The van der Waals surface area contributed by atoms with E-state index in [2.05, 4.69) is 15.3 Å². The van der Waals surface area contributed by atoms with Crippen molar-refractivity contribution in [3.05, 3.63) is 16.7 Å². The molecule has 2 rings (SSSR count). The van der Waals surface area contributed by atoms with Gasteiger partial charge in [0, 0.05) is 13.6 Å². The third-order valence-corrected chi connectivity index (χ3v) is 3.44. The highest BCUT2D eigenvalue weighted by molar-refractivity contribution is 7.17. The fourth-order valence-electron chi connectivity index (χ4n) is 1.62. The number of carbonyl (C=O) groups is 1. The number of hydrogen-bond donors (Lipinski definition) is 1. The smallest absolute Gasteiger partial charge is 0.239 e. The van der Waals surface area contributed by atoms with E-state index in [-0.39, 0.29) is 17.7 Å². The molecule has 1 N–H and O–H groups in total. The van der Waals surface area contributed by atoms with Crippen LogP contribution in [0.2, 0.25) is 5.28 Å². The first kappa shape index (κ1) is 13.0. The standard InChI is InChI=1S/C11H13ClN4OS/c1-3-13-8(17)6-16(2)10-9-7(4-5-18-9)14-11(12)15-10/h4-5H,3,6H2,1-2H3,(H,13,17). The summed E-state index contributed by atoms with van der Waals surface area (Å²) in [6.07, 6.45) is 0. The molecule has 0 aliphatic carbocycles. The number of amides is 1. The molecular formula is C11H13ClN4OS. The quantitative estimate of drug-likeness (QED) is 0.872. The van der Waals surface area contributed by atoms with Crippen LogP contribution < -0.4 is 10.2 Å². The summed E-state index contributed by atoms with van der Waals surface area (Å²) in [6.45, 7) is 2.75. The maximum absolute atomic E-state index is 11.6. The van der Waals surface area contributed by atoms with Gasteiger partial charge in [-0.1, -0.05) is 0 Å². The number of anilines is 1. The first-order valence-electron chi connectivity index (χ1n) is 5.50. The summed E-state index contributed by atoms with van der Waals surface area (Å²) in [4.78, 5) is 21.7. The Morgan fingerprint density at radius 2 is 2.33 bits per heavy atom. The van der Waals surface area contributed by atoms with Gasteiger partial charge < -0.3 is 10.2 Å². The highest BCUT2D eigenvalue weighted by atomic mass is 35.5. The van der Waals surface area contributed by atoms with Crippen LogP contribution in [0, 0.1) is 0 Å². The highest BCUT2D eigenvalue weighted by Gasteiger charge is 2.14. The van der Waals surface area contributed by atoms with Gasteiger partial charge in [-0.15, -0.1) is 11.3 Å². The number of nitrogens with one attached hydrogen (secondary N) is 1. The van der Waals surface area contributed by atoms with Gasteiger partial charge >= 0.3 is 0 Å². The number of aromatic nitrogens is 2. The Morgan fingerprint density at radius 1 is 1.56 bits per heavy atom. The molecule has 2 aromatic rings. The lowest BCUT2D eigenvalue weighted by atomic mass is 10.4. The van der Waals surface area contributed by atoms with E-state index in [4.69, 9.17) is 11.6 Å². The van der Waals surface area contributed by atoms with Crippen molar-refractivity contribution in [1.29, 1.82) is 0 Å². The van der Waals surface area contributed by atoms with E-state index in [9.17, 15) is 4.79 Å². The van der Waals surface area contributed by atoms with E-state index in [1.54, 1.807) is 4.90 Å². The minimum absolute atomic E-state index is 0.0422. The number of hydrogen-bond acceptors (Lipinski definition) is 5. The predicted octanol–water partition coefficient (Wildman–Crippen LogP) is 1.92. The van der Waals surface area contributed by atoms with Gasteiger partial charge in [-0.25, -0.2) is 4.98 Å². The molecular weight excluding hydrogens is 272 g/mol. The molecule has 0 atom stereocenters. The van der Waals surface area contributed by atoms with Crippen LogP contribution in [0.3, 0.4) is 0 Å². The van der Waals surface area contributed by atoms with Crippen LogP contribution >= 0.6 is 22.9 Å². The lowest BCUT2D eigenvalue weighted by Crippen LogP contribution is -2.35. The summed E-state index contributed by atoms with van der Waals surface area (Å²) in [5.41, 5.74) is 0.803. The van der Waals surface area contributed by atoms with E-state index in [1.165, 1.54) is 11.3 Å². The molecule has 0 aliphatic rings. The minimum Gasteiger partial charge on any atom is -0.355 e. The van der Waals surface area contributed by atoms with Crippen molar-refractivity contribution >= 4 is 44.9 Å². The zero-order valence-electron chi connectivity index (χ0n) is 10.1. The predicted molar refractivity (Wildman–Crippen MR) is 74.4 cm³/mol. The van der Waals surface area contributed by atoms with Gasteiger partial charge in [-0.2, -0.15) is 4.98 Å². The lowest BCUT2D eigenvalue weighted by molar-refractivity contribution is -0.119. The van der Waals surface area contributed by atoms with Crippen molar-refractivity contribution in [3.8, 4) is 0 Å². The second-order valence-electron chi connectivity index (χ2n) is 3.76. The number of thiophene rings is 1. The van der Waals surface area contributed by atoms with E-state index < -0.39 is 0 Å². The second kappa shape index (κ2) is 5.49. The molecule has 0 fully saturated rings. The Morgan fingerprint density at radius 3 is 3.06 bits per heavy atom. The number of halogens is 1. The molecule has 0 saturated heterocycles. The van der Waals surface area contributed by atoms with Crippen LogP contribution in [0.5, 0.6) is 0 Å². The van der Waals surface area contributed by atoms with Crippen molar-refractivity contribution < 1.29 is 4.79 Å². The topological polar surface area (TPSA) is 58.1 Å². The Kier molecular flexibility index (Phi) is 3.98. The zero-order chi connectivity index (χ0) is 13.1. The minimum atomic E-state index is -0.0422. The molecule has 0 saturated carbocycles. The van der Waals surface area contributed by atoms with Crippen LogP contribution in [0.4, 0.5) is 5.82 Å². The molecule has 2 aromatic heterocycles. The summed E-state index contributed by atoms with van der Waals surface area (Å²) in [7, 11) is 1.81. The number of nitrogens with zero attached hydrogens (tertiary/aromatic N) is 3. The molecule has 0 unspecified atom stereocenters. The van der Waals surface area contributed by atoms with Crippen molar-refractivity contribution in [2.45, 2.75) is 6.92 Å². The first-order valence-corrected chi connectivity index (χ1v) is 6.76. The normalized spacial score (nSPS) is 10.6. The van der Waals surface area contributed by atoms with Crippen LogP contribution in [0.15, 0.2) is 11.4 Å². The summed E-state index contributed by atoms with van der Waals surface area (Å²) >= 11 is 7.41. The van der Waals surface area contributed by atoms with Crippen molar-refractivity contribution in [2.24, 2.45) is 0 Å². The van der Waals surface area contributed by atoms with Crippen molar-refractivity contribution in [2.75, 3.05) is 25.0 Å². The number of carbonyl (C=O) groups excluding carboxylic acids is 1. The molecule has 1 amide bonds. The molecule has 0 aliphatic heterocycles. The van der Waals surface area contributed by atoms with Crippen LogP contribution in [-0.4, -0.2) is 36.0 Å². The molecule has 5 nitrogen and oxygen atoms in total. The van der Waals surface area contributed by atoms with Gasteiger partial charge in [-0.05, 0) is 30.0 Å². The molecule has 0 aromatic carbocycles. The second-order valence-corrected chi connectivity index (χ2v) is 5.01. The first-order chi connectivity index (χ1) is 8.61. The number of likely N-dealkylation sites (N-methyl/N-ethyl adjacent to an activating group) is 2. The van der Waals surface area contributed by atoms with E-state index >= 15 is 0 Å². The third kappa shape index (κ3) is 2.70. The maximum atomic E-state index is 11.6. The highest BCUT2D eigenvalue weighted by Crippen LogP contribution is 2.29. The fraction of sp³-hybridized carbons (Fsp3) is 0.364. The van der Waals surface area contributed by atoms with Gasteiger partial charge in [0.15, 0.2) is 5.82 Å². The Hall–Kier alpha value is -1.40. The van der Waals surface area contributed by atoms with Crippen molar-refractivity contribution in [1.82, 2.24) is 15.3 Å². The third-order valence-electron chi connectivity index (χ3n) is 2.37. The van der Waals surface area contributed by atoms with Gasteiger partial charge in [-0.3, -0.25) is 4.79 Å². The SMILES string of the molecule is CCNC(=O)CN(C)c1nc(Cl)nc2ccsc12. The molecule has 96 valence electrons. The average molecular weight is 285 g/mol. The maximum Gasteiger partial charge on any atom is 0.239 e. The molecule has 0 radical (unpaired) electrons. The van der Waals surface area contributed by atoms with Crippen molar-refractivity contribution in [3.63, 3.8) is 0 Å². The molecule has 2 heterocycles. The number of fused-ring (bicyclic) bond motifs is 1. The summed E-state index contributed by atoms with van der Waals surface area (Å²) < 4.78 is 0.936. The summed E-state index contributed by atoms with van der Waals surface area (Å²) in [5.74, 6) is 0.644. The Balaban J connectivity index is 2.29. The fourth-order valence-corrected chi connectivity index (χ4v) is 2.67. The number of rotatable bonds is 4. The van der Waals surface area contributed by atoms with E-state index in [0.29, 0.717) is 12.4 Å². The summed E-state index contributed by atoms with van der Waals surface area (Å²) in [5, 5.41) is 4.87. The molecule has 18 heavy (non-hydrogen) atoms. The van der Waals surface area contributed by atoms with E-state index in [1.807, 2.05) is 25.4 Å². The average Bonchev–Trinajstić information content (AvgIpc) is 2.75. The monoisotopic (exact) mass is 284 g/mol. The van der Waals surface area contributed by atoms with Gasteiger partial charge in [0.05, 0.1) is 16.8 Å². The van der Waals surface area contributed by atoms with Crippen LogP contribution in [0.1, 0.15) is 6.92 Å². The zero-order valence-corrected chi connectivity index (χ0v) is 11.7. The molecule has 0 bridgehead atoms. The van der Waals surface area contributed by atoms with Crippen LogP contribution in [-0.2, 0) is 4.79 Å². The van der Waals surface area contributed by atoms with Crippen LogP contribution in [0.25, 0.3) is 10.2 Å². The lowest BCUT2D eigenvalue weighted by Gasteiger charge is -2.18. The van der Waals surface area contributed by atoms with Gasteiger partial charge in [0.1, 0.15) is 0 Å². The Bertz CT molecular complexity index is 571. The van der Waals surface area contributed by atoms with Gasteiger partial charge in [0.25, 0.3) is 0 Å². The summed E-state index contributed by atoms with van der Waals surface area (Å²) in [6, 6.07) is 1.89. The molecule has 0 spiro atoms. The largest absolute Gasteiger partial charge is 0.355 e. The van der Waals surface area contributed by atoms with Gasteiger partial charge in [0.2, 0.25) is 11.2 Å².